The fraction of sp³-hybridized carbons (Fsp3) is 0.556. The number of aliphatic carboxylic acids is 1. The van der Waals surface area contributed by atoms with Crippen molar-refractivity contribution in [3.05, 3.63) is 34.9 Å². The average Bonchev–Trinajstić information content (AvgIpc) is 2.91. The summed E-state index contributed by atoms with van der Waals surface area (Å²) in [4.78, 5) is 24.3. The highest BCUT2D eigenvalue weighted by Crippen LogP contribution is 2.37. The first-order chi connectivity index (χ1) is 12.0. The highest BCUT2D eigenvalue weighted by atomic mass is 19.4. The first-order valence-electron chi connectivity index (χ1n) is 8.39. The van der Waals surface area contributed by atoms with E-state index in [0.717, 1.165) is 21.6 Å². The fourth-order valence-electron chi connectivity index (χ4n) is 3.45. The van der Waals surface area contributed by atoms with E-state index in [4.69, 9.17) is 5.11 Å². The number of hydrogen-bond donors (Lipinski definition) is 2. The Morgan fingerprint density at radius 1 is 1.23 bits per heavy atom. The van der Waals surface area contributed by atoms with E-state index < -0.39 is 43.1 Å². The molecule has 5 nitrogen and oxygen atoms in total. The van der Waals surface area contributed by atoms with E-state index >= 15 is 0 Å². The van der Waals surface area contributed by atoms with Crippen LogP contribution in [-0.4, -0.2) is 47.3 Å². The van der Waals surface area contributed by atoms with Crippen LogP contribution in [0.25, 0.3) is 0 Å². The van der Waals surface area contributed by atoms with Crippen molar-refractivity contribution in [3.63, 3.8) is 0 Å². The van der Waals surface area contributed by atoms with Gasteiger partial charge in [0.25, 0.3) is 0 Å². The zero-order valence-corrected chi connectivity index (χ0v) is 14.9. The zero-order valence-electron chi connectivity index (χ0n) is 14.9. The zero-order chi connectivity index (χ0) is 19.6. The van der Waals surface area contributed by atoms with E-state index in [1.165, 1.54) is 0 Å². The molecular formula is C18H23F3N2O3. The van der Waals surface area contributed by atoms with Crippen molar-refractivity contribution in [1.29, 1.82) is 0 Å². The molecule has 0 aromatic heterocycles. The molecule has 0 saturated carbocycles. The lowest BCUT2D eigenvalue weighted by atomic mass is 9.96. The number of halogens is 3. The van der Waals surface area contributed by atoms with Gasteiger partial charge in [-0.25, -0.2) is 4.79 Å². The molecule has 2 rings (SSSR count). The molecule has 8 heteroatoms. The molecule has 0 aliphatic carbocycles. The second-order valence-corrected chi connectivity index (χ2v) is 7.05. The van der Waals surface area contributed by atoms with E-state index in [2.05, 4.69) is 5.32 Å². The maximum Gasteiger partial charge on any atom is 0.394 e. The van der Waals surface area contributed by atoms with Gasteiger partial charge in [-0.3, -0.25) is 4.79 Å². The fourth-order valence-corrected chi connectivity index (χ4v) is 3.45. The van der Waals surface area contributed by atoms with E-state index in [1.807, 2.05) is 32.0 Å². The molecule has 1 unspecified atom stereocenters. The summed E-state index contributed by atoms with van der Waals surface area (Å²) in [5.41, 5.74) is 3.21. The summed E-state index contributed by atoms with van der Waals surface area (Å²) in [5.74, 6) is -5.21. The minimum Gasteiger partial charge on any atom is -0.481 e. The van der Waals surface area contributed by atoms with Crippen molar-refractivity contribution in [1.82, 2.24) is 10.2 Å². The summed E-state index contributed by atoms with van der Waals surface area (Å²) >= 11 is 0. The van der Waals surface area contributed by atoms with Gasteiger partial charge in [0.15, 0.2) is 0 Å². The van der Waals surface area contributed by atoms with Crippen LogP contribution >= 0.6 is 0 Å². The van der Waals surface area contributed by atoms with Crippen LogP contribution in [0.15, 0.2) is 18.2 Å². The maximum atomic E-state index is 13.0. The number of nitrogens with zero attached hydrogens (tertiary/aromatic N) is 1. The van der Waals surface area contributed by atoms with Gasteiger partial charge in [0.2, 0.25) is 0 Å². The van der Waals surface area contributed by atoms with Crippen LogP contribution < -0.4 is 5.32 Å². The third-order valence-electron chi connectivity index (χ3n) is 4.54. The van der Waals surface area contributed by atoms with Crippen LogP contribution in [0.1, 0.15) is 23.6 Å². The van der Waals surface area contributed by atoms with Gasteiger partial charge in [0.05, 0.1) is 11.8 Å². The Hall–Kier alpha value is -2.25. The summed E-state index contributed by atoms with van der Waals surface area (Å²) in [6, 6.07) is 5.05. The molecule has 2 N–H and O–H groups in total. The molecule has 2 amide bonds. The number of likely N-dealkylation sites (tertiary alicyclic amines) is 1. The third kappa shape index (κ3) is 4.89. The second kappa shape index (κ2) is 7.55. The highest BCUT2D eigenvalue weighted by Gasteiger charge is 2.53. The SMILES string of the molecule is Cc1cc(C)cc(CC(C)NC(=O)N2C[C@@H](C(F)(F)F)[C@H](C(=O)O)C2)c1. The number of aryl methyl sites for hydroxylation is 2. The predicted molar refractivity (Wildman–Crippen MR) is 89.9 cm³/mol. The van der Waals surface area contributed by atoms with Crippen LogP contribution in [-0.2, 0) is 11.2 Å². The van der Waals surface area contributed by atoms with Crippen LogP contribution in [0.3, 0.4) is 0 Å². The molecule has 1 aliphatic heterocycles. The third-order valence-corrected chi connectivity index (χ3v) is 4.54. The minimum absolute atomic E-state index is 0.295. The quantitative estimate of drug-likeness (QED) is 0.853. The van der Waals surface area contributed by atoms with E-state index in [0.29, 0.717) is 6.42 Å². The maximum absolute atomic E-state index is 13.0. The lowest BCUT2D eigenvalue weighted by molar-refractivity contribution is -0.187. The van der Waals surface area contributed by atoms with Gasteiger partial charge < -0.3 is 15.3 Å². The topological polar surface area (TPSA) is 69.6 Å². The van der Waals surface area contributed by atoms with Crippen molar-refractivity contribution < 1.29 is 27.9 Å². The van der Waals surface area contributed by atoms with Crippen molar-refractivity contribution in [2.45, 2.75) is 39.4 Å². The van der Waals surface area contributed by atoms with Gasteiger partial charge in [-0.1, -0.05) is 29.3 Å². The molecule has 1 heterocycles. The van der Waals surface area contributed by atoms with Crippen molar-refractivity contribution in [3.8, 4) is 0 Å². The first kappa shape index (κ1) is 20.1. The number of carbonyl (C=O) groups is 2. The number of amides is 2. The van der Waals surface area contributed by atoms with Crippen LogP contribution in [0.5, 0.6) is 0 Å². The first-order valence-corrected chi connectivity index (χ1v) is 8.39. The number of rotatable bonds is 4. The smallest absolute Gasteiger partial charge is 0.394 e. The molecular weight excluding hydrogens is 349 g/mol. The van der Waals surface area contributed by atoms with Crippen molar-refractivity contribution in [2.24, 2.45) is 11.8 Å². The van der Waals surface area contributed by atoms with Gasteiger partial charge in [0.1, 0.15) is 0 Å². The highest BCUT2D eigenvalue weighted by molar-refractivity contribution is 5.78. The largest absolute Gasteiger partial charge is 0.481 e. The Kier molecular flexibility index (Phi) is 5.83. The van der Waals surface area contributed by atoms with Gasteiger partial charge in [-0.15, -0.1) is 0 Å². The van der Waals surface area contributed by atoms with Crippen molar-refractivity contribution >= 4 is 12.0 Å². The molecule has 1 aromatic carbocycles. The summed E-state index contributed by atoms with van der Waals surface area (Å²) in [6.45, 7) is 4.62. The Morgan fingerprint density at radius 2 is 1.81 bits per heavy atom. The van der Waals surface area contributed by atoms with Gasteiger partial charge in [-0.05, 0) is 32.8 Å². The number of carboxylic acids is 1. The Labute approximate surface area is 150 Å². The van der Waals surface area contributed by atoms with Gasteiger partial charge in [-0.2, -0.15) is 13.2 Å². The predicted octanol–water partition coefficient (Wildman–Crippen LogP) is 3.14. The number of benzene rings is 1. The van der Waals surface area contributed by atoms with E-state index in [1.54, 1.807) is 6.92 Å². The Balaban J connectivity index is 1.99. The molecule has 0 bridgehead atoms. The monoisotopic (exact) mass is 372 g/mol. The van der Waals surface area contributed by atoms with Gasteiger partial charge >= 0.3 is 18.2 Å². The number of carboxylic acid groups (broad SMARTS) is 1. The molecule has 3 atom stereocenters. The van der Waals surface area contributed by atoms with Crippen LogP contribution in [0, 0.1) is 25.7 Å². The molecule has 144 valence electrons. The molecule has 1 saturated heterocycles. The lowest BCUT2D eigenvalue weighted by Crippen LogP contribution is -2.44. The summed E-state index contributed by atoms with van der Waals surface area (Å²) < 4.78 is 39.0. The van der Waals surface area contributed by atoms with Crippen LogP contribution in [0.4, 0.5) is 18.0 Å². The lowest BCUT2D eigenvalue weighted by Gasteiger charge is -2.21. The summed E-state index contributed by atoms with van der Waals surface area (Å²) in [6.07, 6.45) is -4.12. The van der Waals surface area contributed by atoms with Crippen molar-refractivity contribution in [2.75, 3.05) is 13.1 Å². The molecule has 0 radical (unpaired) electrons. The summed E-state index contributed by atoms with van der Waals surface area (Å²) in [7, 11) is 0. The number of alkyl halides is 3. The normalized spacial score (nSPS) is 21.5. The van der Waals surface area contributed by atoms with Gasteiger partial charge in [0, 0.05) is 19.1 Å². The van der Waals surface area contributed by atoms with E-state index in [-0.39, 0.29) is 6.04 Å². The number of nitrogens with one attached hydrogen (secondary N) is 1. The molecule has 1 aromatic rings. The molecule has 26 heavy (non-hydrogen) atoms. The number of carbonyl (C=O) groups excluding carboxylic acids is 1. The number of hydrogen-bond acceptors (Lipinski definition) is 2. The second-order valence-electron chi connectivity index (χ2n) is 7.05. The summed E-state index contributed by atoms with van der Waals surface area (Å²) in [5, 5.41) is 11.7. The number of urea groups is 1. The molecule has 1 aliphatic rings. The molecule has 1 fully saturated rings. The van der Waals surface area contributed by atoms with Crippen LogP contribution in [0.2, 0.25) is 0 Å². The Bertz CT molecular complexity index is 670. The standard InChI is InChI=1S/C18H23F3N2O3/c1-10-4-11(2)6-13(5-10)7-12(3)22-17(26)23-8-14(16(24)25)15(9-23)18(19,20)21/h4-6,12,14-15H,7-9H2,1-3H3,(H,22,26)(H,24,25)/t12?,14-,15-/m1/s1. The Morgan fingerprint density at radius 3 is 2.27 bits per heavy atom. The molecule has 0 spiro atoms. The van der Waals surface area contributed by atoms with E-state index in [9.17, 15) is 22.8 Å². The average molecular weight is 372 g/mol. The minimum atomic E-state index is -4.65.